The normalized spacial score (nSPS) is 15.9. The Morgan fingerprint density at radius 3 is 2.46 bits per heavy atom. The average molecular weight is 485 g/mol. The number of nitrogens with zero attached hydrogens (tertiary/aromatic N) is 3. The fourth-order valence-corrected chi connectivity index (χ4v) is 4.48. The minimum Gasteiger partial charge on any atom is -0.334 e. The number of hydrogen-bond donors (Lipinski definition) is 1. The summed E-state index contributed by atoms with van der Waals surface area (Å²) >= 11 is 6.23. The van der Waals surface area contributed by atoms with Crippen molar-refractivity contribution in [2.24, 2.45) is 0 Å². The van der Waals surface area contributed by atoms with Gasteiger partial charge in [0.15, 0.2) is 0 Å². The van der Waals surface area contributed by atoms with Crippen LogP contribution in [0.15, 0.2) is 83.0 Å². The number of carbonyl (C=O) groups is 1. The van der Waals surface area contributed by atoms with E-state index < -0.39 is 6.04 Å². The zero-order valence-corrected chi connectivity index (χ0v) is 20.5. The van der Waals surface area contributed by atoms with E-state index in [0.29, 0.717) is 28.1 Å². The molecule has 176 valence electrons. The molecule has 0 saturated carbocycles. The van der Waals surface area contributed by atoms with E-state index in [2.05, 4.69) is 29.5 Å². The highest BCUT2D eigenvalue weighted by Crippen LogP contribution is 2.39. The molecule has 2 heterocycles. The van der Waals surface area contributed by atoms with Crippen LogP contribution in [0.2, 0.25) is 5.02 Å². The van der Waals surface area contributed by atoms with Crippen LogP contribution in [0.3, 0.4) is 0 Å². The Morgan fingerprint density at radius 2 is 1.77 bits per heavy atom. The number of carbonyl (C=O) groups excluding carboxylic acids is 1. The Balaban J connectivity index is 1.64. The van der Waals surface area contributed by atoms with Crippen molar-refractivity contribution in [1.29, 1.82) is 0 Å². The number of aromatic nitrogens is 2. The largest absolute Gasteiger partial charge is 0.334 e. The molecule has 6 nitrogen and oxygen atoms in total. The standard InChI is InChI=1S/C28H25ClN4O2/c1-4-19-10-14-20(15-11-19)25-24(27-31-26(32-35-27)21-12-8-17(2)9-13-21)18(3)33(28(34)30-25)23-7-5-6-22(29)16-23/h5-16,25H,4H2,1-3H3,(H,30,34). The lowest BCUT2D eigenvalue weighted by Crippen LogP contribution is -2.46. The summed E-state index contributed by atoms with van der Waals surface area (Å²) in [6, 6.07) is 22.6. The van der Waals surface area contributed by atoms with Gasteiger partial charge in [0.2, 0.25) is 5.82 Å². The van der Waals surface area contributed by atoms with Gasteiger partial charge in [-0.15, -0.1) is 0 Å². The van der Waals surface area contributed by atoms with Gasteiger partial charge < -0.3 is 9.84 Å². The lowest BCUT2D eigenvalue weighted by Gasteiger charge is -2.35. The van der Waals surface area contributed by atoms with Crippen LogP contribution < -0.4 is 10.2 Å². The van der Waals surface area contributed by atoms with E-state index in [-0.39, 0.29) is 6.03 Å². The summed E-state index contributed by atoms with van der Waals surface area (Å²) in [6.45, 7) is 6.03. The zero-order valence-electron chi connectivity index (χ0n) is 19.7. The molecule has 3 aromatic carbocycles. The fourth-order valence-electron chi connectivity index (χ4n) is 4.29. The predicted molar refractivity (Wildman–Crippen MR) is 138 cm³/mol. The van der Waals surface area contributed by atoms with Crippen molar-refractivity contribution in [3.63, 3.8) is 0 Å². The molecule has 0 bridgehead atoms. The number of urea groups is 1. The van der Waals surface area contributed by atoms with E-state index in [1.165, 1.54) is 5.56 Å². The van der Waals surface area contributed by atoms with E-state index in [1.807, 2.05) is 62.4 Å². The summed E-state index contributed by atoms with van der Waals surface area (Å²) in [7, 11) is 0. The minimum absolute atomic E-state index is 0.253. The third-order valence-corrected chi connectivity index (χ3v) is 6.47. The molecule has 0 saturated heterocycles. The maximum absolute atomic E-state index is 13.3. The SMILES string of the molecule is CCc1ccc(C2NC(=O)N(c3cccc(Cl)c3)C(C)=C2c2nc(-c3ccc(C)cc3)no2)cc1. The summed E-state index contributed by atoms with van der Waals surface area (Å²) in [6.07, 6.45) is 0.936. The molecule has 0 radical (unpaired) electrons. The van der Waals surface area contributed by atoms with E-state index >= 15 is 0 Å². The zero-order chi connectivity index (χ0) is 24.5. The summed E-state index contributed by atoms with van der Waals surface area (Å²) in [5.41, 5.74) is 6.25. The van der Waals surface area contributed by atoms with E-state index in [4.69, 9.17) is 21.1 Å². The number of rotatable bonds is 5. The maximum Gasteiger partial charge on any atom is 0.326 e. The number of halogens is 1. The molecule has 0 fully saturated rings. The number of amides is 2. The Labute approximate surface area is 209 Å². The number of aryl methyl sites for hydroxylation is 2. The second-order valence-corrected chi connectivity index (χ2v) is 9.02. The van der Waals surface area contributed by atoms with Gasteiger partial charge in [-0.1, -0.05) is 83.8 Å². The van der Waals surface area contributed by atoms with Gasteiger partial charge in [-0.2, -0.15) is 4.98 Å². The second kappa shape index (κ2) is 9.39. The van der Waals surface area contributed by atoms with Gasteiger partial charge in [0, 0.05) is 16.3 Å². The van der Waals surface area contributed by atoms with Crippen molar-refractivity contribution in [2.75, 3.05) is 4.90 Å². The summed E-state index contributed by atoms with van der Waals surface area (Å²) in [5.74, 6) is 0.848. The molecular formula is C28H25ClN4O2. The molecule has 5 rings (SSSR count). The highest BCUT2D eigenvalue weighted by Gasteiger charge is 2.36. The molecule has 0 aliphatic carbocycles. The van der Waals surface area contributed by atoms with Crippen molar-refractivity contribution < 1.29 is 9.32 Å². The number of allylic oxidation sites excluding steroid dienone is 1. The number of anilines is 1. The van der Waals surface area contributed by atoms with Gasteiger partial charge in [-0.25, -0.2) is 4.79 Å². The summed E-state index contributed by atoms with van der Waals surface area (Å²) in [5, 5.41) is 7.91. The van der Waals surface area contributed by atoms with Crippen LogP contribution in [0, 0.1) is 6.92 Å². The van der Waals surface area contributed by atoms with Gasteiger partial charge >= 0.3 is 6.03 Å². The average Bonchev–Trinajstić information content (AvgIpc) is 3.34. The Bertz CT molecular complexity index is 1410. The molecule has 1 N–H and O–H groups in total. The van der Waals surface area contributed by atoms with Crippen LogP contribution in [0.5, 0.6) is 0 Å². The number of hydrogen-bond acceptors (Lipinski definition) is 4. The number of nitrogens with one attached hydrogen (secondary N) is 1. The molecule has 1 atom stereocenters. The second-order valence-electron chi connectivity index (χ2n) is 8.58. The number of benzene rings is 3. The maximum atomic E-state index is 13.3. The van der Waals surface area contributed by atoms with Gasteiger partial charge in [0.1, 0.15) is 0 Å². The summed E-state index contributed by atoms with van der Waals surface area (Å²) in [4.78, 5) is 19.6. The first-order chi connectivity index (χ1) is 16.9. The third kappa shape index (κ3) is 4.45. The minimum atomic E-state index is -0.449. The van der Waals surface area contributed by atoms with E-state index in [0.717, 1.165) is 28.7 Å². The first-order valence-electron chi connectivity index (χ1n) is 11.5. The smallest absolute Gasteiger partial charge is 0.326 e. The van der Waals surface area contributed by atoms with Crippen LogP contribution in [-0.4, -0.2) is 16.2 Å². The van der Waals surface area contributed by atoms with Crippen molar-refractivity contribution in [2.45, 2.75) is 33.2 Å². The lowest BCUT2D eigenvalue weighted by molar-refractivity contribution is 0.244. The van der Waals surface area contributed by atoms with Crippen molar-refractivity contribution >= 4 is 28.9 Å². The van der Waals surface area contributed by atoms with Crippen LogP contribution >= 0.6 is 11.6 Å². The Kier molecular flexibility index (Phi) is 6.14. The molecule has 1 unspecified atom stereocenters. The highest BCUT2D eigenvalue weighted by molar-refractivity contribution is 6.31. The van der Waals surface area contributed by atoms with Crippen molar-refractivity contribution in [3.8, 4) is 11.4 Å². The van der Waals surface area contributed by atoms with Crippen molar-refractivity contribution in [3.05, 3.63) is 106 Å². The Morgan fingerprint density at radius 1 is 1.03 bits per heavy atom. The quantitative estimate of drug-likeness (QED) is 0.332. The van der Waals surface area contributed by atoms with Gasteiger partial charge in [0.25, 0.3) is 5.89 Å². The predicted octanol–water partition coefficient (Wildman–Crippen LogP) is 6.96. The van der Waals surface area contributed by atoms with Crippen LogP contribution in [-0.2, 0) is 6.42 Å². The summed E-state index contributed by atoms with van der Waals surface area (Å²) < 4.78 is 5.78. The monoisotopic (exact) mass is 484 g/mol. The van der Waals surface area contributed by atoms with Gasteiger partial charge in [0.05, 0.1) is 17.3 Å². The fraction of sp³-hybridized carbons (Fsp3) is 0.179. The lowest BCUT2D eigenvalue weighted by atomic mass is 9.93. The molecule has 35 heavy (non-hydrogen) atoms. The molecule has 1 aliphatic rings. The molecule has 2 amide bonds. The molecule has 1 aliphatic heterocycles. The highest BCUT2D eigenvalue weighted by atomic mass is 35.5. The molecule has 4 aromatic rings. The first-order valence-corrected chi connectivity index (χ1v) is 11.9. The van der Waals surface area contributed by atoms with Crippen LogP contribution in [0.4, 0.5) is 10.5 Å². The molecule has 1 aromatic heterocycles. The van der Waals surface area contributed by atoms with Crippen molar-refractivity contribution in [1.82, 2.24) is 15.5 Å². The van der Waals surface area contributed by atoms with Crippen LogP contribution in [0.1, 0.15) is 42.5 Å². The van der Waals surface area contributed by atoms with Crippen LogP contribution in [0.25, 0.3) is 17.0 Å². The first kappa shape index (κ1) is 22.9. The molecule has 0 spiro atoms. The van der Waals surface area contributed by atoms with Gasteiger partial charge in [-0.05, 0) is 49.6 Å². The molecular weight excluding hydrogens is 460 g/mol. The van der Waals surface area contributed by atoms with E-state index in [1.54, 1.807) is 17.0 Å². The van der Waals surface area contributed by atoms with Gasteiger partial charge in [-0.3, -0.25) is 4.90 Å². The van der Waals surface area contributed by atoms with E-state index in [9.17, 15) is 4.79 Å². The Hall–Kier alpha value is -3.90. The topological polar surface area (TPSA) is 71.3 Å². The molecule has 7 heteroatoms. The third-order valence-electron chi connectivity index (χ3n) is 6.24.